The fourth-order valence-electron chi connectivity index (χ4n) is 2.51. The van der Waals surface area contributed by atoms with Crippen molar-refractivity contribution in [1.82, 2.24) is 15.1 Å². The molecule has 27 heavy (non-hydrogen) atoms. The fourth-order valence-corrected chi connectivity index (χ4v) is 3.05. The van der Waals surface area contributed by atoms with Crippen LogP contribution in [0, 0.1) is 19.8 Å². The monoisotopic (exact) mass is 397 g/mol. The highest BCUT2D eigenvalue weighted by Gasteiger charge is 2.28. The number of rotatable bonds is 7. The lowest BCUT2D eigenvalue weighted by Crippen LogP contribution is -2.29. The zero-order chi connectivity index (χ0) is 20.0. The minimum absolute atomic E-state index is 0.113. The Balaban J connectivity index is 1.80. The summed E-state index contributed by atoms with van der Waals surface area (Å²) in [5, 5.41) is 7.22. The van der Waals surface area contributed by atoms with Crippen molar-refractivity contribution >= 4 is 23.7 Å². The van der Waals surface area contributed by atoms with Crippen LogP contribution in [0.3, 0.4) is 0 Å². The quantitative estimate of drug-likeness (QED) is 0.550. The van der Waals surface area contributed by atoms with Crippen LogP contribution in [0.15, 0.2) is 41.3 Å². The van der Waals surface area contributed by atoms with E-state index in [0.717, 1.165) is 11.4 Å². The summed E-state index contributed by atoms with van der Waals surface area (Å²) in [6, 6.07) is 7.86. The summed E-state index contributed by atoms with van der Waals surface area (Å²) >= 11 is -0.162. The third-order valence-electron chi connectivity index (χ3n) is 3.75. The molecule has 0 saturated heterocycles. The van der Waals surface area contributed by atoms with Gasteiger partial charge in [-0.05, 0) is 61.4 Å². The van der Waals surface area contributed by atoms with E-state index in [0.29, 0.717) is 18.7 Å². The molecule has 146 valence electrons. The lowest BCUT2D eigenvalue weighted by molar-refractivity contribution is -0.116. The average molecular weight is 397 g/mol. The Morgan fingerprint density at radius 1 is 1.30 bits per heavy atom. The van der Waals surface area contributed by atoms with Crippen molar-refractivity contribution < 1.29 is 18.0 Å². The van der Waals surface area contributed by atoms with Gasteiger partial charge in [-0.2, -0.15) is 18.3 Å². The van der Waals surface area contributed by atoms with Crippen molar-refractivity contribution in [1.29, 1.82) is 0 Å². The predicted molar refractivity (Wildman–Crippen MR) is 101 cm³/mol. The van der Waals surface area contributed by atoms with Gasteiger partial charge in [0.25, 0.3) is 0 Å². The van der Waals surface area contributed by atoms with Gasteiger partial charge < -0.3 is 5.32 Å². The first-order valence-electron chi connectivity index (χ1n) is 8.45. The summed E-state index contributed by atoms with van der Waals surface area (Å²) in [4.78, 5) is 12.0. The lowest BCUT2D eigenvalue weighted by Gasteiger charge is -2.13. The second-order valence-corrected chi connectivity index (χ2v) is 7.55. The van der Waals surface area contributed by atoms with Gasteiger partial charge in [-0.15, -0.1) is 0 Å². The van der Waals surface area contributed by atoms with Gasteiger partial charge in [0.15, 0.2) is 0 Å². The lowest BCUT2D eigenvalue weighted by atomic mass is 10.1. The Kier molecular flexibility index (Phi) is 7.12. The first-order chi connectivity index (χ1) is 12.6. The normalized spacial score (nSPS) is 13.1. The van der Waals surface area contributed by atoms with E-state index in [2.05, 4.69) is 10.4 Å². The molecule has 0 fully saturated rings. The molecule has 0 saturated carbocycles. The van der Waals surface area contributed by atoms with Crippen LogP contribution >= 0.6 is 11.8 Å². The SMILES string of the molecule is Cc1cc(C)n(CC(C)CNC(=O)/C=C/c2ccc(SC(F)(F)F)cc2)n1. The van der Waals surface area contributed by atoms with E-state index in [4.69, 9.17) is 0 Å². The molecule has 1 N–H and O–H groups in total. The molecule has 1 atom stereocenters. The number of carbonyl (C=O) groups is 1. The highest BCUT2D eigenvalue weighted by molar-refractivity contribution is 8.00. The largest absolute Gasteiger partial charge is 0.446 e. The van der Waals surface area contributed by atoms with Gasteiger partial charge in [-0.1, -0.05) is 19.1 Å². The van der Waals surface area contributed by atoms with Gasteiger partial charge in [-0.25, -0.2) is 0 Å². The third kappa shape index (κ3) is 7.50. The second kappa shape index (κ2) is 9.12. The number of nitrogens with one attached hydrogen (secondary N) is 1. The number of aryl methyl sites for hydroxylation is 2. The van der Waals surface area contributed by atoms with E-state index >= 15 is 0 Å². The van der Waals surface area contributed by atoms with Crippen molar-refractivity contribution in [3.63, 3.8) is 0 Å². The number of aromatic nitrogens is 2. The predicted octanol–water partition coefficient (Wildman–Crippen LogP) is 4.58. The zero-order valence-corrected chi connectivity index (χ0v) is 16.2. The number of nitrogens with zero attached hydrogens (tertiary/aromatic N) is 2. The molecule has 0 spiro atoms. The molecule has 1 unspecified atom stereocenters. The van der Waals surface area contributed by atoms with Crippen LogP contribution in [-0.4, -0.2) is 27.7 Å². The smallest absolute Gasteiger partial charge is 0.352 e. The van der Waals surface area contributed by atoms with Crippen LogP contribution in [0.25, 0.3) is 6.08 Å². The number of thioether (sulfide) groups is 1. The van der Waals surface area contributed by atoms with Crippen LogP contribution in [0.2, 0.25) is 0 Å². The van der Waals surface area contributed by atoms with Gasteiger partial charge in [0, 0.05) is 29.8 Å². The summed E-state index contributed by atoms with van der Waals surface area (Å²) in [7, 11) is 0. The molecule has 0 bridgehead atoms. The maximum atomic E-state index is 12.3. The van der Waals surface area contributed by atoms with Gasteiger partial charge in [-0.3, -0.25) is 9.48 Å². The van der Waals surface area contributed by atoms with Crippen LogP contribution < -0.4 is 5.32 Å². The molecule has 1 amide bonds. The van der Waals surface area contributed by atoms with Crippen LogP contribution in [0.1, 0.15) is 23.9 Å². The first kappa shape index (κ1) is 21.1. The van der Waals surface area contributed by atoms with E-state index < -0.39 is 5.51 Å². The van der Waals surface area contributed by atoms with E-state index in [9.17, 15) is 18.0 Å². The van der Waals surface area contributed by atoms with Gasteiger partial charge in [0.05, 0.1) is 5.69 Å². The van der Waals surface area contributed by atoms with E-state index in [1.54, 1.807) is 18.2 Å². The average Bonchev–Trinajstić information content (AvgIpc) is 2.88. The zero-order valence-electron chi connectivity index (χ0n) is 15.4. The number of halogens is 3. The van der Waals surface area contributed by atoms with Crippen molar-refractivity contribution in [2.75, 3.05) is 6.54 Å². The molecule has 1 heterocycles. The number of alkyl halides is 3. The molecule has 0 radical (unpaired) electrons. The molecule has 0 aliphatic rings. The maximum absolute atomic E-state index is 12.3. The molecule has 1 aromatic heterocycles. The second-order valence-electron chi connectivity index (χ2n) is 6.41. The van der Waals surface area contributed by atoms with Crippen LogP contribution in [-0.2, 0) is 11.3 Å². The summed E-state index contributed by atoms with van der Waals surface area (Å²) in [6.45, 7) is 7.17. The molecule has 2 rings (SSSR count). The number of carbonyl (C=O) groups excluding carboxylic acids is 1. The van der Waals surface area contributed by atoms with Gasteiger partial charge >= 0.3 is 5.51 Å². The summed E-state index contributed by atoms with van der Waals surface area (Å²) in [5.74, 6) is -0.0389. The van der Waals surface area contributed by atoms with Crippen molar-refractivity contribution in [2.45, 2.75) is 37.7 Å². The van der Waals surface area contributed by atoms with Gasteiger partial charge in [0.1, 0.15) is 0 Å². The Hall–Kier alpha value is -2.22. The molecule has 1 aromatic carbocycles. The van der Waals surface area contributed by atoms with E-state index in [-0.39, 0.29) is 28.5 Å². The highest BCUT2D eigenvalue weighted by Crippen LogP contribution is 2.36. The molecule has 8 heteroatoms. The minimum Gasteiger partial charge on any atom is -0.352 e. The Morgan fingerprint density at radius 3 is 2.52 bits per heavy atom. The number of hydrogen-bond donors (Lipinski definition) is 1. The summed E-state index contributed by atoms with van der Waals surface area (Å²) in [5.41, 5.74) is -1.60. The van der Waals surface area contributed by atoms with Crippen molar-refractivity contribution in [3.05, 3.63) is 53.4 Å². The van der Waals surface area contributed by atoms with Crippen molar-refractivity contribution in [2.24, 2.45) is 5.92 Å². The number of hydrogen-bond acceptors (Lipinski definition) is 3. The molecular weight excluding hydrogens is 375 g/mol. The van der Waals surface area contributed by atoms with Crippen molar-refractivity contribution in [3.8, 4) is 0 Å². The Labute approximate surface area is 160 Å². The fraction of sp³-hybridized carbons (Fsp3) is 0.368. The first-order valence-corrected chi connectivity index (χ1v) is 9.27. The number of benzene rings is 1. The summed E-state index contributed by atoms with van der Waals surface area (Å²) in [6.07, 6.45) is 2.95. The van der Waals surface area contributed by atoms with E-state index in [1.807, 2.05) is 31.5 Å². The maximum Gasteiger partial charge on any atom is 0.446 e. The Morgan fingerprint density at radius 2 is 1.96 bits per heavy atom. The van der Waals surface area contributed by atoms with E-state index in [1.165, 1.54) is 18.2 Å². The minimum atomic E-state index is -4.30. The third-order valence-corrected chi connectivity index (χ3v) is 4.49. The number of amides is 1. The molecule has 4 nitrogen and oxygen atoms in total. The highest BCUT2D eigenvalue weighted by atomic mass is 32.2. The molecule has 0 aliphatic heterocycles. The molecular formula is C19H22F3N3OS. The van der Waals surface area contributed by atoms with Crippen LogP contribution in [0.4, 0.5) is 13.2 Å². The standard InChI is InChI=1S/C19H22F3N3OS/c1-13(12-25-15(3)10-14(2)24-25)11-23-18(26)9-6-16-4-7-17(8-5-16)27-19(20,21)22/h4-10,13H,11-12H2,1-3H3,(H,23,26)/b9-6+. The van der Waals surface area contributed by atoms with Gasteiger partial charge in [0.2, 0.25) is 5.91 Å². The van der Waals surface area contributed by atoms with Crippen LogP contribution in [0.5, 0.6) is 0 Å². The topological polar surface area (TPSA) is 46.9 Å². The molecule has 2 aromatic rings. The Bertz CT molecular complexity index is 798. The summed E-state index contributed by atoms with van der Waals surface area (Å²) < 4.78 is 38.8. The molecule has 0 aliphatic carbocycles.